The third-order valence-corrected chi connectivity index (χ3v) is 6.43. The molecular formula is C23H22N2O2S2. The second-order valence-electron chi connectivity index (χ2n) is 6.93. The first kappa shape index (κ1) is 19.7. The monoisotopic (exact) mass is 422 g/mol. The standard InChI is InChI=1S/C23H22N2O2S2/c1-15-4-8-17(9-5-15)19-14-29-22-20(19)21(26)24-23(25-22)28-13-3-12-27-18-10-6-16(2)7-11-18/h4-11,14H,3,12-13H2,1-2H3,(H,24,25,26). The first-order chi connectivity index (χ1) is 14.1. The minimum Gasteiger partial charge on any atom is -0.494 e. The zero-order valence-electron chi connectivity index (χ0n) is 16.4. The maximum absolute atomic E-state index is 12.7. The number of hydrogen-bond donors (Lipinski definition) is 1. The molecule has 0 atom stereocenters. The second-order valence-corrected chi connectivity index (χ2v) is 8.87. The lowest BCUT2D eigenvalue weighted by molar-refractivity contribution is 0.318. The number of H-pyrrole nitrogens is 1. The van der Waals surface area contributed by atoms with Crippen LogP contribution in [-0.4, -0.2) is 22.3 Å². The van der Waals surface area contributed by atoms with Crippen molar-refractivity contribution in [1.82, 2.24) is 9.97 Å². The Morgan fingerprint density at radius 2 is 1.72 bits per heavy atom. The van der Waals surface area contributed by atoms with Gasteiger partial charge in [0, 0.05) is 16.7 Å². The highest BCUT2D eigenvalue weighted by molar-refractivity contribution is 7.99. The van der Waals surface area contributed by atoms with Crippen LogP contribution in [0.2, 0.25) is 0 Å². The number of nitrogens with one attached hydrogen (secondary N) is 1. The van der Waals surface area contributed by atoms with Crippen LogP contribution in [0.1, 0.15) is 17.5 Å². The summed E-state index contributed by atoms with van der Waals surface area (Å²) < 4.78 is 5.75. The lowest BCUT2D eigenvalue weighted by atomic mass is 10.1. The van der Waals surface area contributed by atoms with Gasteiger partial charge >= 0.3 is 0 Å². The van der Waals surface area contributed by atoms with E-state index >= 15 is 0 Å². The Morgan fingerprint density at radius 3 is 2.45 bits per heavy atom. The molecule has 0 aliphatic rings. The van der Waals surface area contributed by atoms with E-state index < -0.39 is 0 Å². The molecule has 0 radical (unpaired) electrons. The average molecular weight is 423 g/mol. The van der Waals surface area contributed by atoms with E-state index in [4.69, 9.17) is 4.74 Å². The van der Waals surface area contributed by atoms with Crippen LogP contribution < -0.4 is 10.3 Å². The zero-order valence-corrected chi connectivity index (χ0v) is 18.0. The van der Waals surface area contributed by atoms with E-state index in [0.29, 0.717) is 17.1 Å². The third-order valence-electron chi connectivity index (χ3n) is 4.60. The molecule has 6 heteroatoms. The van der Waals surface area contributed by atoms with Gasteiger partial charge in [0.1, 0.15) is 10.6 Å². The second kappa shape index (κ2) is 8.84. The summed E-state index contributed by atoms with van der Waals surface area (Å²) in [7, 11) is 0. The molecule has 0 aliphatic carbocycles. The van der Waals surface area contributed by atoms with Gasteiger partial charge in [-0.05, 0) is 38.0 Å². The van der Waals surface area contributed by atoms with Crippen molar-refractivity contribution in [3.8, 4) is 16.9 Å². The molecule has 2 heterocycles. The summed E-state index contributed by atoms with van der Waals surface area (Å²) in [5.74, 6) is 1.71. The molecule has 4 nitrogen and oxygen atoms in total. The van der Waals surface area contributed by atoms with Crippen molar-refractivity contribution in [2.45, 2.75) is 25.4 Å². The van der Waals surface area contributed by atoms with Gasteiger partial charge in [0.15, 0.2) is 5.16 Å². The molecule has 4 rings (SSSR count). The third kappa shape index (κ3) is 4.71. The average Bonchev–Trinajstić information content (AvgIpc) is 3.14. The quantitative estimate of drug-likeness (QED) is 0.231. The van der Waals surface area contributed by atoms with E-state index in [1.807, 2.05) is 41.8 Å². The molecule has 0 saturated heterocycles. The molecule has 0 bridgehead atoms. The van der Waals surface area contributed by atoms with Crippen molar-refractivity contribution < 1.29 is 4.74 Å². The van der Waals surface area contributed by atoms with Crippen LogP contribution in [-0.2, 0) is 0 Å². The summed E-state index contributed by atoms with van der Waals surface area (Å²) in [6.07, 6.45) is 0.874. The van der Waals surface area contributed by atoms with Gasteiger partial charge in [-0.3, -0.25) is 4.79 Å². The molecule has 0 spiro atoms. The van der Waals surface area contributed by atoms with E-state index in [1.54, 1.807) is 11.8 Å². The molecule has 29 heavy (non-hydrogen) atoms. The van der Waals surface area contributed by atoms with Gasteiger partial charge in [-0.15, -0.1) is 11.3 Å². The Labute approximate surface area is 178 Å². The van der Waals surface area contributed by atoms with Gasteiger partial charge in [0.2, 0.25) is 0 Å². The first-order valence-corrected chi connectivity index (χ1v) is 11.4. The van der Waals surface area contributed by atoms with Crippen LogP contribution in [0.25, 0.3) is 21.3 Å². The molecule has 2 aromatic carbocycles. The fourth-order valence-corrected chi connectivity index (χ4v) is 4.78. The molecule has 148 valence electrons. The molecule has 0 amide bonds. The normalized spacial score (nSPS) is 11.1. The summed E-state index contributed by atoms with van der Waals surface area (Å²) in [6, 6.07) is 16.3. The molecule has 0 aliphatic heterocycles. The highest BCUT2D eigenvalue weighted by atomic mass is 32.2. The molecule has 0 saturated carbocycles. The molecule has 0 fully saturated rings. The van der Waals surface area contributed by atoms with Gasteiger partial charge in [-0.1, -0.05) is 59.3 Å². The minimum absolute atomic E-state index is 0.0785. The Morgan fingerprint density at radius 1 is 1.03 bits per heavy atom. The number of aryl methyl sites for hydroxylation is 2. The number of aromatic amines is 1. The minimum atomic E-state index is -0.0785. The number of ether oxygens (including phenoxy) is 1. The van der Waals surface area contributed by atoms with Crippen LogP contribution in [0.4, 0.5) is 0 Å². The van der Waals surface area contributed by atoms with Gasteiger partial charge in [0.25, 0.3) is 5.56 Å². The SMILES string of the molecule is Cc1ccc(OCCCSc2nc3scc(-c4ccc(C)cc4)c3c(=O)[nH]2)cc1. The topological polar surface area (TPSA) is 55.0 Å². The zero-order chi connectivity index (χ0) is 20.2. The number of benzene rings is 2. The van der Waals surface area contributed by atoms with Gasteiger partial charge in [-0.2, -0.15) is 0 Å². The fraction of sp³-hybridized carbons (Fsp3) is 0.217. The summed E-state index contributed by atoms with van der Waals surface area (Å²) in [5, 5.41) is 3.35. The van der Waals surface area contributed by atoms with Gasteiger partial charge in [-0.25, -0.2) is 4.98 Å². The largest absolute Gasteiger partial charge is 0.494 e. The lowest BCUT2D eigenvalue weighted by Crippen LogP contribution is -2.09. The fourth-order valence-electron chi connectivity index (χ4n) is 3.00. The van der Waals surface area contributed by atoms with Crippen LogP contribution in [0, 0.1) is 13.8 Å². The molecule has 2 aromatic heterocycles. The van der Waals surface area contributed by atoms with Crippen molar-refractivity contribution >= 4 is 33.3 Å². The predicted molar refractivity (Wildman–Crippen MR) is 122 cm³/mol. The van der Waals surface area contributed by atoms with E-state index in [1.165, 1.54) is 22.5 Å². The Hall–Kier alpha value is -2.57. The molecular weight excluding hydrogens is 400 g/mol. The van der Waals surface area contributed by atoms with Crippen molar-refractivity contribution in [3.63, 3.8) is 0 Å². The Kier molecular flexibility index (Phi) is 6.02. The molecule has 0 unspecified atom stereocenters. The van der Waals surface area contributed by atoms with Crippen LogP contribution in [0.5, 0.6) is 5.75 Å². The summed E-state index contributed by atoms with van der Waals surface area (Å²) >= 11 is 3.07. The summed E-state index contributed by atoms with van der Waals surface area (Å²) in [6.45, 7) is 4.75. The van der Waals surface area contributed by atoms with E-state index in [-0.39, 0.29) is 5.56 Å². The van der Waals surface area contributed by atoms with Gasteiger partial charge < -0.3 is 9.72 Å². The number of thioether (sulfide) groups is 1. The van der Waals surface area contributed by atoms with Crippen molar-refractivity contribution in [2.75, 3.05) is 12.4 Å². The maximum atomic E-state index is 12.7. The number of thiophene rings is 1. The first-order valence-electron chi connectivity index (χ1n) is 9.51. The van der Waals surface area contributed by atoms with Crippen molar-refractivity contribution in [3.05, 3.63) is 75.4 Å². The Balaban J connectivity index is 1.39. The lowest BCUT2D eigenvalue weighted by Gasteiger charge is -2.06. The van der Waals surface area contributed by atoms with Crippen LogP contribution in [0.15, 0.2) is 63.9 Å². The smallest absolute Gasteiger partial charge is 0.260 e. The van der Waals surface area contributed by atoms with Crippen LogP contribution >= 0.6 is 23.1 Å². The molecule has 1 N–H and O–H groups in total. The van der Waals surface area contributed by atoms with E-state index in [0.717, 1.165) is 33.9 Å². The number of nitrogens with zero attached hydrogens (tertiary/aromatic N) is 1. The number of aromatic nitrogens is 2. The predicted octanol–water partition coefficient (Wildman–Crippen LogP) is 5.83. The van der Waals surface area contributed by atoms with E-state index in [2.05, 4.69) is 35.9 Å². The van der Waals surface area contributed by atoms with Crippen molar-refractivity contribution in [2.24, 2.45) is 0 Å². The summed E-state index contributed by atoms with van der Waals surface area (Å²) in [4.78, 5) is 21.1. The van der Waals surface area contributed by atoms with E-state index in [9.17, 15) is 4.79 Å². The number of fused-ring (bicyclic) bond motifs is 1. The number of rotatable bonds is 7. The maximum Gasteiger partial charge on any atom is 0.260 e. The highest BCUT2D eigenvalue weighted by Gasteiger charge is 2.13. The number of hydrogen-bond acceptors (Lipinski definition) is 5. The highest BCUT2D eigenvalue weighted by Crippen LogP contribution is 2.31. The Bertz CT molecular complexity index is 1160. The summed E-state index contributed by atoms with van der Waals surface area (Å²) in [5.41, 5.74) is 4.33. The van der Waals surface area contributed by atoms with Crippen molar-refractivity contribution in [1.29, 1.82) is 0 Å². The van der Waals surface area contributed by atoms with Gasteiger partial charge in [0.05, 0.1) is 12.0 Å². The van der Waals surface area contributed by atoms with Crippen LogP contribution in [0.3, 0.4) is 0 Å². The molecule has 4 aromatic rings.